The predicted octanol–water partition coefficient (Wildman–Crippen LogP) is 3.80. The smallest absolute Gasteiger partial charge is 0.163 e. The fraction of sp³-hybridized carbons (Fsp3) is 0.571. The van der Waals surface area contributed by atoms with E-state index < -0.39 is 0 Å². The summed E-state index contributed by atoms with van der Waals surface area (Å²) in [6.07, 6.45) is 9.68. The number of aryl methyl sites for hydroxylation is 1. The number of carbonyl (C=O) groups excluding carboxylic acids is 1. The van der Waals surface area contributed by atoms with Crippen LogP contribution in [0.3, 0.4) is 0 Å². The molecule has 1 aromatic heterocycles. The second-order valence-corrected chi connectivity index (χ2v) is 4.12. The maximum absolute atomic E-state index is 12.0. The van der Waals surface area contributed by atoms with Crippen LogP contribution in [0.5, 0.6) is 0 Å². The Morgan fingerprint density at radius 2 is 2.06 bits per heavy atom. The third-order valence-electron chi connectivity index (χ3n) is 2.84. The molecule has 0 aromatic carbocycles. The van der Waals surface area contributed by atoms with Gasteiger partial charge in [0.05, 0.1) is 0 Å². The number of ketones is 1. The molecule has 0 radical (unpaired) electrons. The van der Waals surface area contributed by atoms with E-state index in [1.807, 2.05) is 6.07 Å². The van der Waals surface area contributed by atoms with E-state index in [4.69, 9.17) is 0 Å². The molecule has 0 aliphatic heterocycles. The summed E-state index contributed by atoms with van der Waals surface area (Å²) < 4.78 is 0. The number of hydrogen-bond donors (Lipinski definition) is 0. The topological polar surface area (TPSA) is 30.0 Å². The van der Waals surface area contributed by atoms with Crippen molar-refractivity contribution < 1.29 is 4.79 Å². The molecular formula is C14H21NO. The summed E-state index contributed by atoms with van der Waals surface area (Å²) in [6, 6.07) is 1.85. The van der Waals surface area contributed by atoms with Crippen LogP contribution in [0.15, 0.2) is 18.5 Å². The molecule has 0 bridgehead atoms. The summed E-state index contributed by atoms with van der Waals surface area (Å²) in [5.41, 5.74) is 1.94. The van der Waals surface area contributed by atoms with E-state index in [0.29, 0.717) is 6.42 Å². The van der Waals surface area contributed by atoms with E-state index in [9.17, 15) is 4.79 Å². The van der Waals surface area contributed by atoms with Crippen LogP contribution in [0.1, 0.15) is 61.9 Å². The minimum atomic E-state index is 0.273. The lowest BCUT2D eigenvalue weighted by molar-refractivity contribution is 0.0978. The second kappa shape index (κ2) is 7.15. The predicted molar refractivity (Wildman–Crippen MR) is 66.7 cm³/mol. The van der Waals surface area contributed by atoms with Gasteiger partial charge in [-0.3, -0.25) is 9.78 Å². The third-order valence-corrected chi connectivity index (χ3v) is 2.84. The first-order valence-electron chi connectivity index (χ1n) is 6.25. The van der Waals surface area contributed by atoms with Crippen molar-refractivity contribution in [2.75, 3.05) is 0 Å². The van der Waals surface area contributed by atoms with Crippen molar-refractivity contribution in [2.45, 2.75) is 52.4 Å². The van der Waals surface area contributed by atoms with Gasteiger partial charge >= 0.3 is 0 Å². The first-order chi connectivity index (χ1) is 7.79. The summed E-state index contributed by atoms with van der Waals surface area (Å²) in [6.45, 7) is 4.24. The first kappa shape index (κ1) is 12.9. The van der Waals surface area contributed by atoms with E-state index in [1.54, 1.807) is 12.4 Å². The van der Waals surface area contributed by atoms with E-state index in [1.165, 1.54) is 12.8 Å². The van der Waals surface area contributed by atoms with Crippen molar-refractivity contribution in [1.82, 2.24) is 4.98 Å². The molecule has 2 nitrogen and oxygen atoms in total. The summed E-state index contributed by atoms with van der Waals surface area (Å²) >= 11 is 0. The van der Waals surface area contributed by atoms with E-state index in [-0.39, 0.29) is 5.78 Å². The molecule has 0 unspecified atom stereocenters. The van der Waals surface area contributed by atoms with Crippen LogP contribution in [0.25, 0.3) is 0 Å². The van der Waals surface area contributed by atoms with Gasteiger partial charge < -0.3 is 0 Å². The molecule has 0 N–H and O–H groups in total. The molecule has 1 rings (SSSR count). The standard InChI is InChI=1S/C14H21NO/c1-3-5-6-7-8-14(16)13-9-10-15-11-12(13)4-2/h9-11H,3-8H2,1-2H3. The van der Waals surface area contributed by atoms with Gasteiger partial charge in [-0.15, -0.1) is 0 Å². The molecule has 0 aliphatic rings. The number of rotatable bonds is 7. The Morgan fingerprint density at radius 1 is 1.25 bits per heavy atom. The van der Waals surface area contributed by atoms with Gasteiger partial charge in [-0.2, -0.15) is 0 Å². The van der Waals surface area contributed by atoms with Crippen LogP contribution < -0.4 is 0 Å². The Kier molecular flexibility index (Phi) is 5.76. The van der Waals surface area contributed by atoms with Crippen molar-refractivity contribution in [1.29, 1.82) is 0 Å². The number of pyridine rings is 1. The van der Waals surface area contributed by atoms with Crippen molar-refractivity contribution in [2.24, 2.45) is 0 Å². The lowest BCUT2D eigenvalue weighted by Crippen LogP contribution is -2.03. The molecule has 0 spiro atoms. The van der Waals surface area contributed by atoms with Gasteiger partial charge in [-0.1, -0.05) is 33.1 Å². The molecule has 0 saturated carbocycles. The van der Waals surface area contributed by atoms with Crippen LogP contribution in [-0.4, -0.2) is 10.8 Å². The summed E-state index contributed by atoms with van der Waals surface area (Å²) in [5, 5.41) is 0. The van der Waals surface area contributed by atoms with Gasteiger partial charge in [0.2, 0.25) is 0 Å². The molecular weight excluding hydrogens is 198 g/mol. The number of aromatic nitrogens is 1. The molecule has 0 saturated heterocycles. The Labute approximate surface area is 98.1 Å². The maximum atomic E-state index is 12.0. The molecule has 88 valence electrons. The van der Waals surface area contributed by atoms with Gasteiger partial charge in [0.15, 0.2) is 5.78 Å². The zero-order chi connectivity index (χ0) is 11.8. The highest BCUT2D eigenvalue weighted by Crippen LogP contribution is 2.13. The molecule has 2 heteroatoms. The van der Waals surface area contributed by atoms with Crippen LogP contribution in [0, 0.1) is 0 Å². The molecule has 0 aliphatic carbocycles. The van der Waals surface area contributed by atoms with E-state index >= 15 is 0 Å². The van der Waals surface area contributed by atoms with Crippen molar-refractivity contribution >= 4 is 5.78 Å². The van der Waals surface area contributed by atoms with Gasteiger partial charge in [-0.05, 0) is 24.5 Å². The zero-order valence-corrected chi connectivity index (χ0v) is 10.3. The van der Waals surface area contributed by atoms with Crippen LogP contribution in [0.2, 0.25) is 0 Å². The van der Waals surface area contributed by atoms with Gasteiger partial charge in [-0.25, -0.2) is 0 Å². The van der Waals surface area contributed by atoms with E-state index in [2.05, 4.69) is 18.8 Å². The maximum Gasteiger partial charge on any atom is 0.163 e. The second-order valence-electron chi connectivity index (χ2n) is 4.12. The third kappa shape index (κ3) is 3.76. The molecule has 16 heavy (non-hydrogen) atoms. The lowest BCUT2D eigenvalue weighted by atomic mass is 10.00. The van der Waals surface area contributed by atoms with Crippen molar-refractivity contribution in [3.05, 3.63) is 29.6 Å². The Morgan fingerprint density at radius 3 is 2.75 bits per heavy atom. The number of Topliss-reactive ketones (excluding diaryl/α,β-unsaturated/α-hetero) is 1. The highest BCUT2D eigenvalue weighted by molar-refractivity contribution is 5.97. The van der Waals surface area contributed by atoms with Crippen molar-refractivity contribution in [3.8, 4) is 0 Å². The fourth-order valence-corrected chi connectivity index (χ4v) is 1.83. The quantitative estimate of drug-likeness (QED) is 0.515. The fourth-order valence-electron chi connectivity index (χ4n) is 1.83. The number of nitrogens with zero attached hydrogens (tertiary/aromatic N) is 1. The van der Waals surface area contributed by atoms with Crippen LogP contribution in [0.4, 0.5) is 0 Å². The van der Waals surface area contributed by atoms with E-state index in [0.717, 1.165) is 30.4 Å². The largest absolute Gasteiger partial charge is 0.294 e. The van der Waals surface area contributed by atoms with Crippen LogP contribution in [-0.2, 0) is 6.42 Å². The normalized spacial score (nSPS) is 10.4. The van der Waals surface area contributed by atoms with Gasteiger partial charge in [0.1, 0.15) is 0 Å². The molecule has 0 fully saturated rings. The Bertz CT molecular complexity index is 333. The van der Waals surface area contributed by atoms with Crippen molar-refractivity contribution in [3.63, 3.8) is 0 Å². The molecule has 1 heterocycles. The number of hydrogen-bond acceptors (Lipinski definition) is 2. The minimum Gasteiger partial charge on any atom is -0.294 e. The highest BCUT2D eigenvalue weighted by Gasteiger charge is 2.09. The van der Waals surface area contributed by atoms with Gasteiger partial charge in [0.25, 0.3) is 0 Å². The minimum absolute atomic E-state index is 0.273. The molecule has 1 aromatic rings. The summed E-state index contributed by atoms with van der Waals surface area (Å²) in [7, 11) is 0. The number of unbranched alkanes of at least 4 members (excludes halogenated alkanes) is 3. The Hall–Kier alpha value is -1.18. The first-order valence-corrected chi connectivity index (χ1v) is 6.25. The summed E-state index contributed by atoms with van der Waals surface area (Å²) in [4.78, 5) is 16.0. The highest BCUT2D eigenvalue weighted by atomic mass is 16.1. The molecule has 0 atom stereocenters. The average Bonchev–Trinajstić information content (AvgIpc) is 2.34. The number of carbonyl (C=O) groups is 1. The molecule has 0 amide bonds. The SMILES string of the molecule is CCCCCCC(=O)c1ccncc1CC. The zero-order valence-electron chi connectivity index (χ0n) is 10.3. The monoisotopic (exact) mass is 219 g/mol. The lowest BCUT2D eigenvalue weighted by Gasteiger charge is -2.05. The van der Waals surface area contributed by atoms with Crippen LogP contribution >= 0.6 is 0 Å². The Balaban J connectivity index is 2.52. The van der Waals surface area contributed by atoms with Gasteiger partial charge in [0, 0.05) is 24.4 Å². The summed E-state index contributed by atoms with van der Waals surface area (Å²) in [5.74, 6) is 0.273. The average molecular weight is 219 g/mol.